The molecule has 0 saturated heterocycles. The summed E-state index contributed by atoms with van der Waals surface area (Å²) < 4.78 is 0. The summed E-state index contributed by atoms with van der Waals surface area (Å²) in [5.74, 6) is 4.72. The number of nitrogens with two attached hydrogens (primary N) is 1. The highest BCUT2D eigenvalue weighted by Crippen LogP contribution is 2.29. The molecule has 2 rings (SSSR count). The lowest BCUT2D eigenvalue weighted by Gasteiger charge is -2.07. The van der Waals surface area contributed by atoms with E-state index < -0.39 is 0 Å². The van der Waals surface area contributed by atoms with E-state index in [1.807, 2.05) is 24.3 Å². The summed E-state index contributed by atoms with van der Waals surface area (Å²) in [7, 11) is 0. The smallest absolute Gasteiger partial charge is 0.132 e. The maximum absolute atomic E-state index is 11.0. The Hall–Kier alpha value is -1.72. The zero-order chi connectivity index (χ0) is 15.1. The Morgan fingerprint density at radius 3 is 2.00 bits per heavy atom. The molecule has 2 N–H and O–H groups in total. The van der Waals surface area contributed by atoms with Gasteiger partial charge in [-0.05, 0) is 48.2 Å². The monoisotopic (exact) mass is 316 g/mol. The van der Waals surface area contributed by atoms with Crippen molar-refractivity contribution in [3.05, 3.63) is 54.1 Å². The fourth-order valence-electron chi connectivity index (χ4n) is 1.83. The molecule has 21 heavy (non-hydrogen) atoms. The standard InChI is InChI=1S/C16H16N2OS2/c1-20-14-6-8-16(9-7-14)21-15-4-2-12(3-5-15)13(11-19)10-18-17/h2-11,13H,17H2,1H3. The molecule has 2 aromatic carbocycles. The highest BCUT2D eigenvalue weighted by molar-refractivity contribution is 7.99. The first-order chi connectivity index (χ1) is 10.3. The lowest BCUT2D eigenvalue weighted by atomic mass is 10.0. The van der Waals surface area contributed by atoms with Crippen LogP contribution in [0.15, 0.2) is 68.3 Å². The van der Waals surface area contributed by atoms with E-state index >= 15 is 0 Å². The topological polar surface area (TPSA) is 55.5 Å². The maximum atomic E-state index is 11.0. The van der Waals surface area contributed by atoms with Gasteiger partial charge in [-0.2, -0.15) is 5.10 Å². The molecular formula is C16H16N2OS2. The molecule has 2 aromatic rings. The van der Waals surface area contributed by atoms with Gasteiger partial charge in [-0.25, -0.2) is 0 Å². The Balaban J connectivity index is 2.09. The molecule has 0 heterocycles. The first-order valence-electron chi connectivity index (χ1n) is 6.37. The van der Waals surface area contributed by atoms with Gasteiger partial charge in [-0.15, -0.1) is 11.8 Å². The van der Waals surface area contributed by atoms with E-state index in [9.17, 15) is 4.79 Å². The number of hydrogen-bond donors (Lipinski definition) is 1. The number of carbonyl (C=O) groups excluding carboxylic acids is 1. The molecule has 0 amide bonds. The number of carbonyl (C=O) groups is 1. The fourth-order valence-corrected chi connectivity index (χ4v) is 3.06. The summed E-state index contributed by atoms with van der Waals surface area (Å²) in [6, 6.07) is 16.3. The van der Waals surface area contributed by atoms with Crippen LogP contribution in [0.4, 0.5) is 0 Å². The van der Waals surface area contributed by atoms with E-state index in [1.54, 1.807) is 23.5 Å². The van der Waals surface area contributed by atoms with Gasteiger partial charge in [-0.3, -0.25) is 0 Å². The van der Waals surface area contributed by atoms with Crippen LogP contribution >= 0.6 is 23.5 Å². The largest absolute Gasteiger partial charge is 0.324 e. The van der Waals surface area contributed by atoms with Crippen LogP contribution in [0, 0.1) is 0 Å². The van der Waals surface area contributed by atoms with Crippen molar-refractivity contribution in [2.75, 3.05) is 6.26 Å². The zero-order valence-electron chi connectivity index (χ0n) is 11.6. The Morgan fingerprint density at radius 1 is 1.00 bits per heavy atom. The van der Waals surface area contributed by atoms with Crippen molar-refractivity contribution < 1.29 is 4.79 Å². The number of thioether (sulfide) groups is 1. The van der Waals surface area contributed by atoms with Crippen molar-refractivity contribution in [2.24, 2.45) is 10.9 Å². The molecular weight excluding hydrogens is 300 g/mol. The minimum Gasteiger partial charge on any atom is -0.324 e. The number of benzene rings is 2. The minimum atomic E-state index is -0.380. The van der Waals surface area contributed by atoms with Crippen molar-refractivity contribution in [3.8, 4) is 0 Å². The van der Waals surface area contributed by atoms with Crippen molar-refractivity contribution >= 4 is 36.0 Å². The third kappa shape index (κ3) is 4.37. The first-order valence-corrected chi connectivity index (χ1v) is 8.41. The summed E-state index contributed by atoms with van der Waals surface area (Å²) >= 11 is 3.42. The second-order valence-electron chi connectivity index (χ2n) is 4.31. The van der Waals surface area contributed by atoms with Gasteiger partial charge < -0.3 is 10.6 Å². The van der Waals surface area contributed by atoms with E-state index in [0.717, 1.165) is 16.7 Å². The van der Waals surface area contributed by atoms with Crippen LogP contribution in [0.5, 0.6) is 0 Å². The molecule has 1 atom stereocenters. The van der Waals surface area contributed by atoms with Crippen molar-refractivity contribution in [1.29, 1.82) is 0 Å². The molecule has 1 unspecified atom stereocenters. The Bertz CT molecular complexity index is 609. The predicted molar refractivity (Wildman–Crippen MR) is 90.3 cm³/mol. The molecule has 0 fully saturated rings. The fraction of sp³-hybridized carbons (Fsp3) is 0.125. The molecule has 0 aliphatic carbocycles. The van der Waals surface area contributed by atoms with Crippen molar-refractivity contribution in [1.82, 2.24) is 0 Å². The van der Waals surface area contributed by atoms with Gasteiger partial charge in [0.1, 0.15) is 6.29 Å². The predicted octanol–water partition coefficient (Wildman–Crippen LogP) is 3.79. The third-order valence-electron chi connectivity index (χ3n) is 2.95. The highest BCUT2D eigenvalue weighted by atomic mass is 32.2. The van der Waals surface area contributed by atoms with Crippen LogP contribution in [0.1, 0.15) is 11.5 Å². The lowest BCUT2D eigenvalue weighted by molar-refractivity contribution is -0.107. The molecule has 0 aliphatic rings. The highest BCUT2D eigenvalue weighted by Gasteiger charge is 2.07. The third-order valence-corrected chi connectivity index (χ3v) is 4.71. The van der Waals surface area contributed by atoms with E-state index in [0.29, 0.717) is 0 Å². The van der Waals surface area contributed by atoms with Crippen LogP contribution in [-0.2, 0) is 4.79 Å². The van der Waals surface area contributed by atoms with Crippen molar-refractivity contribution in [2.45, 2.75) is 20.6 Å². The summed E-state index contributed by atoms with van der Waals surface area (Å²) in [6.45, 7) is 0. The second kappa shape index (κ2) is 7.90. The van der Waals surface area contributed by atoms with Gasteiger partial charge >= 0.3 is 0 Å². The van der Waals surface area contributed by atoms with Gasteiger partial charge in [0, 0.05) is 20.9 Å². The first kappa shape index (κ1) is 15.7. The van der Waals surface area contributed by atoms with E-state index in [2.05, 4.69) is 35.6 Å². The molecule has 0 radical (unpaired) electrons. The Labute approximate surface area is 133 Å². The summed E-state index contributed by atoms with van der Waals surface area (Å²) in [4.78, 5) is 14.6. The average molecular weight is 316 g/mol. The summed E-state index contributed by atoms with van der Waals surface area (Å²) in [5, 5.41) is 3.43. The molecule has 0 aromatic heterocycles. The lowest BCUT2D eigenvalue weighted by Crippen LogP contribution is -2.03. The van der Waals surface area contributed by atoms with Gasteiger partial charge in [-0.1, -0.05) is 23.9 Å². The molecule has 3 nitrogen and oxygen atoms in total. The van der Waals surface area contributed by atoms with E-state index in [4.69, 9.17) is 5.84 Å². The SMILES string of the molecule is CSc1ccc(Sc2ccc(C(C=O)C=NN)cc2)cc1. The number of aldehydes is 1. The van der Waals surface area contributed by atoms with Crippen LogP contribution in [-0.4, -0.2) is 18.8 Å². The molecule has 108 valence electrons. The minimum absolute atomic E-state index is 0.380. The van der Waals surface area contributed by atoms with Crippen LogP contribution in [0.2, 0.25) is 0 Å². The molecule has 0 bridgehead atoms. The molecule has 0 aliphatic heterocycles. The van der Waals surface area contributed by atoms with E-state index in [-0.39, 0.29) is 5.92 Å². The van der Waals surface area contributed by atoms with Gasteiger partial charge in [0.25, 0.3) is 0 Å². The van der Waals surface area contributed by atoms with Crippen LogP contribution in [0.3, 0.4) is 0 Å². The van der Waals surface area contributed by atoms with Crippen molar-refractivity contribution in [3.63, 3.8) is 0 Å². The van der Waals surface area contributed by atoms with Crippen LogP contribution < -0.4 is 5.84 Å². The quantitative estimate of drug-likeness (QED) is 0.290. The van der Waals surface area contributed by atoms with Gasteiger partial charge in [0.15, 0.2) is 0 Å². The summed E-state index contributed by atoms with van der Waals surface area (Å²) in [6.07, 6.45) is 4.34. The Morgan fingerprint density at radius 2 is 1.52 bits per heavy atom. The normalized spacial score (nSPS) is 12.4. The number of rotatable bonds is 6. The number of hydrazone groups is 1. The second-order valence-corrected chi connectivity index (χ2v) is 6.33. The molecule has 0 saturated carbocycles. The summed E-state index contributed by atoms with van der Waals surface area (Å²) in [5.41, 5.74) is 0.890. The van der Waals surface area contributed by atoms with Gasteiger partial charge in [0.05, 0.1) is 5.92 Å². The molecule has 0 spiro atoms. The maximum Gasteiger partial charge on any atom is 0.132 e. The molecule has 5 heteroatoms. The number of nitrogens with zero attached hydrogens (tertiary/aromatic N) is 1. The average Bonchev–Trinajstić information content (AvgIpc) is 2.54. The number of hydrogen-bond acceptors (Lipinski definition) is 5. The van der Waals surface area contributed by atoms with Gasteiger partial charge in [0.2, 0.25) is 0 Å². The Kier molecular flexibility index (Phi) is 5.90. The zero-order valence-corrected chi connectivity index (χ0v) is 13.2. The van der Waals surface area contributed by atoms with E-state index in [1.165, 1.54) is 16.0 Å². The van der Waals surface area contributed by atoms with Crippen LogP contribution in [0.25, 0.3) is 0 Å².